The van der Waals surface area contributed by atoms with Gasteiger partial charge in [-0.25, -0.2) is 5.10 Å². The predicted octanol–water partition coefficient (Wildman–Crippen LogP) is -2.49. The fourth-order valence-electron chi connectivity index (χ4n) is 0.405. The molecule has 0 fully saturated rings. The standard InChI is InChI=1S/C4H4F2N2O.CH4O2S.Na/c5-4(6)9-3-1-2-7-8-3;1-4(2)3;/h1-2,4H,(H,7,8);1H3,(H,2,3);/q;;+1/p-1. The van der Waals surface area contributed by atoms with E-state index in [9.17, 15) is 8.78 Å². The number of H-pyrrole nitrogens is 1. The zero-order valence-electron chi connectivity index (χ0n) is 7.57. The van der Waals surface area contributed by atoms with Crippen LogP contribution >= 0.6 is 0 Å². The Morgan fingerprint density at radius 3 is 2.50 bits per heavy atom. The molecule has 1 N–H and O–H groups in total. The third-order valence-corrected chi connectivity index (χ3v) is 0.691. The van der Waals surface area contributed by atoms with E-state index in [2.05, 4.69) is 14.9 Å². The molecular weight excluding hydrogens is 229 g/mol. The van der Waals surface area contributed by atoms with Crippen molar-refractivity contribution in [1.29, 1.82) is 0 Å². The van der Waals surface area contributed by atoms with Crippen LogP contribution in [0.25, 0.3) is 0 Å². The SMILES string of the molecule is CS(=O)[O-].FC(F)Oc1ccn[nH]1.[Na+]. The summed E-state index contributed by atoms with van der Waals surface area (Å²) in [5.41, 5.74) is 0. The minimum Gasteiger partial charge on any atom is -0.773 e. The van der Waals surface area contributed by atoms with Crippen molar-refractivity contribution in [2.45, 2.75) is 6.61 Å². The van der Waals surface area contributed by atoms with Gasteiger partial charge in [0.05, 0.1) is 6.20 Å². The van der Waals surface area contributed by atoms with E-state index >= 15 is 0 Å². The van der Waals surface area contributed by atoms with Gasteiger partial charge in [-0.3, -0.25) is 4.21 Å². The van der Waals surface area contributed by atoms with Crippen LogP contribution in [0.15, 0.2) is 12.3 Å². The molecule has 5 nitrogen and oxygen atoms in total. The van der Waals surface area contributed by atoms with Crippen molar-refractivity contribution in [1.82, 2.24) is 10.2 Å². The van der Waals surface area contributed by atoms with Crippen LogP contribution in [0.2, 0.25) is 0 Å². The van der Waals surface area contributed by atoms with E-state index in [0.717, 1.165) is 6.26 Å². The topological polar surface area (TPSA) is 78.0 Å². The Hall–Kier alpha value is -0.0200. The number of aromatic nitrogens is 2. The third-order valence-electron chi connectivity index (χ3n) is 0.691. The summed E-state index contributed by atoms with van der Waals surface area (Å²) in [6, 6.07) is 1.31. The number of ether oxygens (including phenoxy) is 1. The predicted molar refractivity (Wildman–Crippen MR) is 40.1 cm³/mol. The molecule has 1 unspecified atom stereocenters. The van der Waals surface area contributed by atoms with Gasteiger partial charge in [-0.15, -0.1) is 0 Å². The van der Waals surface area contributed by atoms with E-state index in [1.807, 2.05) is 0 Å². The fourth-order valence-corrected chi connectivity index (χ4v) is 0.405. The van der Waals surface area contributed by atoms with E-state index in [1.54, 1.807) is 0 Å². The van der Waals surface area contributed by atoms with Crippen molar-refractivity contribution in [3.63, 3.8) is 0 Å². The van der Waals surface area contributed by atoms with E-state index in [4.69, 9.17) is 8.76 Å². The van der Waals surface area contributed by atoms with Gasteiger partial charge in [-0.1, -0.05) is 11.1 Å². The molecule has 1 atom stereocenters. The summed E-state index contributed by atoms with van der Waals surface area (Å²) in [5, 5.41) is 5.61. The summed E-state index contributed by atoms with van der Waals surface area (Å²) in [6.07, 6.45) is 2.41. The number of rotatable bonds is 2. The summed E-state index contributed by atoms with van der Waals surface area (Å²) in [7, 11) is 0. The summed E-state index contributed by atoms with van der Waals surface area (Å²) in [4.78, 5) is 0. The molecule has 0 spiro atoms. The van der Waals surface area contributed by atoms with Crippen molar-refractivity contribution in [2.75, 3.05) is 6.26 Å². The number of nitrogens with one attached hydrogen (secondary N) is 1. The first-order valence-electron chi connectivity index (χ1n) is 2.97. The van der Waals surface area contributed by atoms with Gasteiger partial charge in [0.2, 0.25) is 5.88 Å². The largest absolute Gasteiger partial charge is 1.00 e. The Bertz CT molecular complexity index is 243. The second kappa shape index (κ2) is 9.53. The minimum atomic E-state index is -2.79. The average Bonchev–Trinajstić information content (AvgIpc) is 2.36. The Kier molecular flexibility index (Phi) is 11.2. The smallest absolute Gasteiger partial charge is 0.773 e. The van der Waals surface area contributed by atoms with Crippen molar-refractivity contribution >= 4 is 11.1 Å². The van der Waals surface area contributed by atoms with Crippen LogP contribution in [0.4, 0.5) is 8.78 Å². The van der Waals surface area contributed by atoms with E-state index in [0.29, 0.717) is 0 Å². The van der Waals surface area contributed by atoms with Gasteiger partial charge in [-0.05, 0) is 6.26 Å². The van der Waals surface area contributed by atoms with E-state index in [1.165, 1.54) is 12.3 Å². The van der Waals surface area contributed by atoms with Gasteiger partial charge < -0.3 is 9.29 Å². The first kappa shape index (κ1) is 16.4. The van der Waals surface area contributed by atoms with Crippen molar-refractivity contribution in [3.8, 4) is 5.88 Å². The molecule has 0 aliphatic rings. The molecule has 0 amide bonds. The molecule has 0 aliphatic carbocycles. The van der Waals surface area contributed by atoms with Gasteiger partial charge in [0.1, 0.15) is 0 Å². The van der Waals surface area contributed by atoms with Gasteiger partial charge in [-0.2, -0.15) is 13.9 Å². The van der Waals surface area contributed by atoms with Crippen LogP contribution in [0.1, 0.15) is 0 Å². The van der Waals surface area contributed by atoms with Crippen LogP contribution in [0.3, 0.4) is 0 Å². The first-order chi connectivity index (χ1) is 6.02. The Morgan fingerprint density at radius 1 is 1.71 bits per heavy atom. The normalized spacial score (nSPS) is 10.9. The number of alkyl halides is 2. The molecule has 0 saturated heterocycles. The second-order valence-corrected chi connectivity index (χ2v) is 2.50. The van der Waals surface area contributed by atoms with Gasteiger partial charge in [0.25, 0.3) is 0 Å². The molecule has 14 heavy (non-hydrogen) atoms. The molecule has 0 saturated carbocycles. The summed E-state index contributed by atoms with van der Waals surface area (Å²) >= 11 is -1.86. The zero-order chi connectivity index (χ0) is 10.3. The maximum absolute atomic E-state index is 11.3. The average molecular weight is 236 g/mol. The van der Waals surface area contributed by atoms with Crippen molar-refractivity contribution in [3.05, 3.63) is 12.3 Å². The Morgan fingerprint density at radius 2 is 2.21 bits per heavy atom. The van der Waals surface area contributed by atoms with Gasteiger partial charge >= 0.3 is 36.2 Å². The monoisotopic (exact) mass is 236 g/mol. The fraction of sp³-hybridized carbons (Fsp3) is 0.400. The molecule has 1 aromatic heterocycles. The molecule has 1 heterocycles. The van der Waals surface area contributed by atoms with Crippen molar-refractivity contribution < 1.29 is 51.8 Å². The third kappa shape index (κ3) is 12.0. The molecule has 1 rings (SSSR count). The second-order valence-electron chi connectivity index (χ2n) is 1.70. The Labute approximate surface area is 104 Å². The Balaban J connectivity index is 0. The summed E-state index contributed by atoms with van der Waals surface area (Å²) in [5.74, 6) is -0.0231. The number of hydrogen-bond donors (Lipinski definition) is 1. The first-order valence-corrected chi connectivity index (χ1v) is 4.45. The maximum Gasteiger partial charge on any atom is 1.00 e. The minimum absolute atomic E-state index is 0. The van der Waals surface area contributed by atoms with Crippen LogP contribution in [-0.2, 0) is 11.1 Å². The zero-order valence-corrected chi connectivity index (χ0v) is 10.4. The molecule has 0 aromatic carbocycles. The van der Waals surface area contributed by atoms with E-state index in [-0.39, 0.29) is 35.4 Å². The quantitative estimate of drug-likeness (QED) is 0.455. The van der Waals surface area contributed by atoms with Gasteiger partial charge in [0, 0.05) is 6.07 Å². The number of hydrogen-bond acceptors (Lipinski definition) is 4. The van der Waals surface area contributed by atoms with Gasteiger partial charge in [0.15, 0.2) is 0 Å². The molecule has 1 aromatic rings. The molecule has 76 valence electrons. The van der Waals surface area contributed by atoms with Crippen LogP contribution < -0.4 is 34.3 Å². The van der Waals surface area contributed by atoms with Crippen LogP contribution in [-0.4, -0.2) is 31.8 Å². The van der Waals surface area contributed by atoms with Crippen molar-refractivity contribution in [2.24, 2.45) is 0 Å². The number of aromatic amines is 1. The number of nitrogens with zero attached hydrogens (tertiary/aromatic N) is 1. The molecular formula is C5H7F2N2NaO3S. The van der Waals surface area contributed by atoms with Crippen LogP contribution in [0.5, 0.6) is 5.88 Å². The molecule has 0 radical (unpaired) electrons. The molecule has 0 bridgehead atoms. The summed E-state index contributed by atoms with van der Waals surface area (Å²) < 4.78 is 44.6. The molecule has 0 aliphatic heterocycles. The van der Waals surface area contributed by atoms with E-state index < -0.39 is 17.7 Å². The number of halogens is 2. The van der Waals surface area contributed by atoms with Crippen LogP contribution in [0, 0.1) is 0 Å². The molecule has 9 heteroatoms. The maximum atomic E-state index is 11.3. The summed E-state index contributed by atoms with van der Waals surface area (Å²) in [6.45, 7) is -2.79.